The molecule has 30 heavy (non-hydrogen) atoms. The number of nitrogens with zero attached hydrogens (tertiary/aromatic N) is 2. The molecule has 0 unspecified atom stereocenters. The number of aromatic nitrogens is 2. The Morgan fingerprint density at radius 2 is 1.63 bits per heavy atom. The van der Waals surface area contributed by atoms with Gasteiger partial charge in [-0.25, -0.2) is 4.79 Å². The van der Waals surface area contributed by atoms with Crippen LogP contribution in [-0.4, -0.2) is 34.8 Å². The molecule has 156 valence electrons. The zero-order chi connectivity index (χ0) is 21.5. The SMILES string of the molecule is Cc1nn(C)c(Cl)c1C(=O)OCC(=O)NCCC(c1ccccc1)c1ccccc1. The molecule has 1 heterocycles. The number of hydrogen-bond donors (Lipinski definition) is 1. The van der Waals surface area contributed by atoms with Crippen LogP contribution in [0.4, 0.5) is 0 Å². The molecule has 0 aliphatic heterocycles. The molecular weight excluding hydrogens is 402 g/mol. The average molecular weight is 426 g/mol. The van der Waals surface area contributed by atoms with Gasteiger partial charge in [0.15, 0.2) is 6.61 Å². The Balaban J connectivity index is 1.54. The first-order valence-electron chi connectivity index (χ1n) is 9.70. The van der Waals surface area contributed by atoms with Crippen molar-refractivity contribution in [1.82, 2.24) is 15.1 Å². The van der Waals surface area contributed by atoms with Gasteiger partial charge in [0.2, 0.25) is 0 Å². The lowest BCUT2D eigenvalue weighted by Crippen LogP contribution is -2.30. The van der Waals surface area contributed by atoms with Gasteiger partial charge in [0.05, 0.1) is 5.69 Å². The number of hydrogen-bond acceptors (Lipinski definition) is 4. The van der Waals surface area contributed by atoms with E-state index >= 15 is 0 Å². The van der Waals surface area contributed by atoms with Crippen molar-refractivity contribution in [2.24, 2.45) is 7.05 Å². The Kier molecular flexibility index (Phi) is 7.25. The Bertz CT molecular complexity index is 964. The van der Waals surface area contributed by atoms with Crippen molar-refractivity contribution in [3.05, 3.63) is 88.2 Å². The van der Waals surface area contributed by atoms with Crippen LogP contribution in [0.3, 0.4) is 0 Å². The fraction of sp³-hybridized carbons (Fsp3) is 0.261. The molecule has 3 rings (SSSR count). The molecule has 1 amide bonds. The Hall–Kier alpha value is -3.12. The zero-order valence-electron chi connectivity index (χ0n) is 17.0. The first-order chi connectivity index (χ1) is 14.5. The molecule has 0 aliphatic carbocycles. The number of esters is 1. The highest BCUT2D eigenvalue weighted by Gasteiger charge is 2.21. The van der Waals surface area contributed by atoms with Crippen molar-refractivity contribution in [3.63, 3.8) is 0 Å². The van der Waals surface area contributed by atoms with Crippen LogP contribution < -0.4 is 5.32 Å². The number of nitrogens with one attached hydrogen (secondary N) is 1. The Morgan fingerprint density at radius 1 is 1.07 bits per heavy atom. The number of aryl methyl sites for hydroxylation is 2. The van der Waals surface area contributed by atoms with Gasteiger partial charge in [0.1, 0.15) is 10.7 Å². The monoisotopic (exact) mass is 425 g/mol. The van der Waals surface area contributed by atoms with E-state index in [9.17, 15) is 9.59 Å². The zero-order valence-corrected chi connectivity index (χ0v) is 17.7. The molecule has 1 aromatic heterocycles. The van der Waals surface area contributed by atoms with Crippen molar-refractivity contribution in [3.8, 4) is 0 Å². The number of benzene rings is 2. The molecule has 0 saturated carbocycles. The number of halogens is 1. The van der Waals surface area contributed by atoms with Gasteiger partial charge in [0, 0.05) is 19.5 Å². The highest BCUT2D eigenvalue weighted by atomic mass is 35.5. The maximum atomic E-state index is 12.2. The largest absolute Gasteiger partial charge is 0.452 e. The van der Waals surface area contributed by atoms with E-state index in [-0.39, 0.29) is 29.1 Å². The molecule has 0 fully saturated rings. The minimum atomic E-state index is -0.660. The number of carbonyl (C=O) groups is 2. The second kappa shape index (κ2) is 10.1. The van der Waals surface area contributed by atoms with E-state index in [0.717, 1.165) is 6.42 Å². The summed E-state index contributed by atoms with van der Waals surface area (Å²) in [4.78, 5) is 24.4. The van der Waals surface area contributed by atoms with Gasteiger partial charge in [-0.05, 0) is 24.5 Å². The van der Waals surface area contributed by atoms with Gasteiger partial charge >= 0.3 is 5.97 Å². The predicted octanol–water partition coefficient (Wildman–Crippen LogP) is 3.88. The summed E-state index contributed by atoms with van der Waals surface area (Å²) < 4.78 is 6.49. The lowest BCUT2D eigenvalue weighted by molar-refractivity contribution is -0.124. The molecule has 3 aromatic rings. The van der Waals surface area contributed by atoms with Crippen molar-refractivity contribution in [2.45, 2.75) is 19.3 Å². The molecule has 0 radical (unpaired) electrons. The summed E-state index contributed by atoms with van der Waals surface area (Å²) in [6.07, 6.45) is 0.723. The predicted molar refractivity (Wildman–Crippen MR) is 116 cm³/mol. The summed E-state index contributed by atoms with van der Waals surface area (Å²) in [5.41, 5.74) is 3.01. The van der Waals surface area contributed by atoms with E-state index in [1.165, 1.54) is 15.8 Å². The minimum absolute atomic E-state index is 0.159. The average Bonchev–Trinajstić information content (AvgIpc) is 3.02. The van der Waals surface area contributed by atoms with Crippen molar-refractivity contribution >= 4 is 23.5 Å². The summed E-state index contributed by atoms with van der Waals surface area (Å²) >= 11 is 6.06. The summed E-state index contributed by atoms with van der Waals surface area (Å²) in [7, 11) is 1.63. The highest BCUT2D eigenvalue weighted by molar-refractivity contribution is 6.32. The van der Waals surface area contributed by atoms with Crippen molar-refractivity contribution < 1.29 is 14.3 Å². The van der Waals surface area contributed by atoms with Gasteiger partial charge in [0.25, 0.3) is 5.91 Å². The first-order valence-corrected chi connectivity index (χ1v) is 10.1. The standard InChI is InChI=1S/C23H24ClN3O3/c1-16-21(22(24)27(2)26-16)23(29)30-15-20(28)25-14-13-19(17-9-5-3-6-10-17)18-11-7-4-8-12-18/h3-12,19H,13-15H2,1-2H3,(H,25,28). The van der Waals surface area contributed by atoms with E-state index in [4.69, 9.17) is 16.3 Å². The Morgan fingerprint density at radius 3 is 2.13 bits per heavy atom. The summed E-state index contributed by atoms with van der Waals surface area (Å²) in [5, 5.41) is 7.08. The maximum Gasteiger partial charge on any atom is 0.343 e. The minimum Gasteiger partial charge on any atom is -0.452 e. The molecular formula is C23H24ClN3O3. The van der Waals surface area contributed by atoms with Crippen LogP contribution in [-0.2, 0) is 16.6 Å². The number of carbonyl (C=O) groups excluding carboxylic acids is 2. The third-order valence-electron chi connectivity index (χ3n) is 4.85. The van der Waals surface area contributed by atoms with E-state index in [0.29, 0.717) is 12.2 Å². The third-order valence-corrected chi connectivity index (χ3v) is 5.28. The highest BCUT2D eigenvalue weighted by Crippen LogP contribution is 2.27. The van der Waals surface area contributed by atoms with Crippen LogP contribution in [0.2, 0.25) is 5.15 Å². The Labute approximate surface area is 180 Å². The van der Waals surface area contributed by atoms with Crippen molar-refractivity contribution in [1.29, 1.82) is 0 Å². The van der Waals surface area contributed by atoms with Crippen LogP contribution in [0.1, 0.15) is 39.5 Å². The molecule has 7 heteroatoms. The molecule has 0 atom stereocenters. The second-order valence-corrected chi connectivity index (χ2v) is 7.32. The third kappa shape index (κ3) is 5.27. The molecule has 6 nitrogen and oxygen atoms in total. The number of rotatable bonds is 8. The number of amides is 1. The van der Waals surface area contributed by atoms with Gasteiger partial charge in [-0.2, -0.15) is 5.10 Å². The quantitative estimate of drug-likeness (QED) is 0.556. The van der Waals surface area contributed by atoms with Crippen LogP contribution >= 0.6 is 11.6 Å². The molecule has 0 aliphatic rings. The summed E-state index contributed by atoms with van der Waals surface area (Å²) in [6, 6.07) is 20.3. The van der Waals surface area contributed by atoms with Gasteiger partial charge in [-0.3, -0.25) is 9.48 Å². The smallest absolute Gasteiger partial charge is 0.343 e. The van der Waals surface area contributed by atoms with Crippen LogP contribution in [0, 0.1) is 6.92 Å². The molecule has 0 saturated heterocycles. The van der Waals surface area contributed by atoms with E-state index in [2.05, 4.69) is 34.7 Å². The van der Waals surface area contributed by atoms with Crippen LogP contribution in [0.25, 0.3) is 0 Å². The van der Waals surface area contributed by atoms with Gasteiger partial charge in [-0.15, -0.1) is 0 Å². The molecule has 0 bridgehead atoms. The van der Waals surface area contributed by atoms with Crippen molar-refractivity contribution in [2.75, 3.05) is 13.2 Å². The van der Waals surface area contributed by atoms with Gasteiger partial charge in [-0.1, -0.05) is 72.3 Å². The fourth-order valence-corrected chi connectivity index (χ4v) is 3.62. The molecule has 0 spiro atoms. The lowest BCUT2D eigenvalue weighted by atomic mass is 9.88. The first kappa shape index (κ1) is 21.6. The van der Waals surface area contributed by atoms with E-state index in [1.807, 2.05) is 36.4 Å². The number of ether oxygens (including phenoxy) is 1. The topological polar surface area (TPSA) is 73.2 Å². The fourth-order valence-electron chi connectivity index (χ4n) is 3.37. The second-order valence-electron chi connectivity index (χ2n) is 6.96. The lowest BCUT2D eigenvalue weighted by Gasteiger charge is -2.18. The molecule has 2 aromatic carbocycles. The summed E-state index contributed by atoms with van der Waals surface area (Å²) in [5.74, 6) is -0.861. The van der Waals surface area contributed by atoms with E-state index in [1.54, 1.807) is 14.0 Å². The van der Waals surface area contributed by atoms with E-state index < -0.39 is 5.97 Å². The van der Waals surface area contributed by atoms with Crippen LogP contribution in [0.5, 0.6) is 0 Å². The maximum absolute atomic E-state index is 12.2. The summed E-state index contributed by atoms with van der Waals surface area (Å²) in [6.45, 7) is 1.75. The normalized spacial score (nSPS) is 10.8. The van der Waals surface area contributed by atoms with Crippen LogP contribution in [0.15, 0.2) is 60.7 Å². The van der Waals surface area contributed by atoms with Gasteiger partial charge < -0.3 is 10.1 Å². The molecule has 1 N–H and O–H groups in total.